The van der Waals surface area contributed by atoms with Crippen LogP contribution >= 0.6 is 0 Å². The Hall–Kier alpha value is -1.11. The van der Waals surface area contributed by atoms with Crippen molar-refractivity contribution in [2.75, 3.05) is 37.3 Å². The van der Waals surface area contributed by atoms with Crippen LogP contribution in [0.2, 0.25) is 0 Å². The van der Waals surface area contributed by atoms with Gasteiger partial charge in [0.05, 0.1) is 5.75 Å². The summed E-state index contributed by atoms with van der Waals surface area (Å²) in [7, 11) is -0.996. The molecule has 1 aromatic carbocycles. The largest absolute Gasteiger partial charge is 0.373 e. The number of benzene rings is 1. The second-order valence-electron chi connectivity index (χ2n) is 5.63. The molecule has 118 valence electrons. The number of hydrogen-bond acceptors (Lipinski definition) is 4. The van der Waals surface area contributed by atoms with E-state index in [0.717, 1.165) is 19.6 Å². The van der Waals surface area contributed by atoms with Crippen molar-refractivity contribution in [3.63, 3.8) is 0 Å². The maximum absolute atomic E-state index is 11.5. The van der Waals surface area contributed by atoms with Crippen LogP contribution in [0.15, 0.2) is 24.3 Å². The molecule has 1 N–H and O–H groups in total. The van der Waals surface area contributed by atoms with Gasteiger partial charge in [-0.05, 0) is 25.5 Å². The van der Waals surface area contributed by atoms with Crippen LogP contribution in [0.4, 0.5) is 5.69 Å². The number of rotatable bonds is 5. The summed E-state index contributed by atoms with van der Waals surface area (Å²) >= 11 is 0. The molecule has 21 heavy (non-hydrogen) atoms. The van der Waals surface area contributed by atoms with E-state index in [1.807, 2.05) is 0 Å². The Morgan fingerprint density at radius 3 is 2.76 bits per heavy atom. The van der Waals surface area contributed by atoms with E-state index in [2.05, 4.69) is 52.8 Å². The number of hydrogen-bond donors (Lipinski definition) is 1. The van der Waals surface area contributed by atoms with Gasteiger partial charge in [-0.1, -0.05) is 18.2 Å². The SMILES string of the molecule is CCS(=O)(=O)NCCN1Cc2ccccc2N(C)CC1C. The maximum Gasteiger partial charge on any atom is 0.211 e. The molecule has 6 heteroatoms. The maximum atomic E-state index is 11.5. The van der Waals surface area contributed by atoms with Crippen molar-refractivity contribution < 1.29 is 8.42 Å². The van der Waals surface area contributed by atoms with Crippen molar-refractivity contribution in [2.24, 2.45) is 0 Å². The predicted molar refractivity (Wildman–Crippen MR) is 87.0 cm³/mol. The highest BCUT2D eigenvalue weighted by Crippen LogP contribution is 2.25. The van der Waals surface area contributed by atoms with Crippen LogP contribution in [0, 0.1) is 0 Å². The molecule has 0 saturated heterocycles. The minimum absolute atomic E-state index is 0.133. The van der Waals surface area contributed by atoms with Crippen molar-refractivity contribution in [1.82, 2.24) is 9.62 Å². The molecule has 0 amide bonds. The monoisotopic (exact) mass is 311 g/mol. The number of sulfonamides is 1. The molecule has 2 rings (SSSR count). The Balaban J connectivity index is 2.04. The van der Waals surface area contributed by atoms with E-state index in [1.54, 1.807) is 6.92 Å². The number of para-hydroxylation sites is 1. The van der Waals surface area contributed by atoms with E-state index in [-0.39, 0.29) is 5.75 Å². The highest BCUT2D eigenvalue weighted by molar-refractivity contribution is 7.89. The van der Waals surface area contributed by atoms with E-state index in [1.165, 1.54) is 11.3 Å². The van der Waals surface area contributed by atoms with Crippen LogP contribution in [0.5, 0.6) is 0 Å². The molecular formula is C15H25N3O2S. The summed E-state index contributed by atoms with van der Waals surface area (Å²) < 4.78 is 25.7. The van der Waals surface area contributed by atoms with Crippen molar-refractivity contribution in [3.05, 3.63) is 29.8 Å². The van der Waals surface area contributed by atoms with Crippen LogP contribution in [0.1, 0.15) is 19.4 Å². The highest BCUT2D eigenvalue weighted by Gasteiger charge is 2.22. The zero-order chi connectivity index (χ0) is 15.5. The van der Waals surface area contributed by atoms with Gasteiger partial charge in [-0.2, -0.15) is 0 Å². The Kier molecular flexibility index (Phi) is 5.24. The highest BCUT2D eigenvalue weighted by atomic mass is 32.2. The minimum atomic E-state index is -3.11. The first kappa shape index (κ1) is 16.3. The number of fused-ring (bicyclic) bond motifs is 1. The van der Waals surface area contributed by atoms with Crippen molar-refractivity contribution >= 4 is 15.7 Å². The first-order chi connectivity index (χ1) is 9.93. The average molecular weight is 311 g/mol. The van der Waals surface area contributed by atoms with Crippen LogP contribution < -0.4 is 9.62 Å². The molecule has 0 saturated carbocycles. The molecule has 0 bridgehead atoms. The topological polar surface area (TPSA) is 52.7 Å². The smallest absolute Gasteiger partial charge is 0.211 e. The van der Waals surface area contributed by atoms with Gasteiger partial charge >= 0.3 is 0 Å². The molecule has 1 aromatic rings. The number of anilines is 1. The summed E-state index contributed by atoms with van der Waals surface area (Å²) in [5.41, 5.74) is 2.56. The van der Waals surface area contributed by atoms with Crippen molar-refractivity contribution in [1.29, 1.82) is 0 Å². The zero-order valence-electron chi connectivity index (χ0n) is 13.0. The van der Waals surface area contributed by atoms with Gasteiger partial charge in [-0.3, -0.25) is 4.90 Å². The second kappa shape index (κ2) is 6.77. The fraction of sp³-hybridized carbons (Fsp3) is 0.600. The van der Waals surface area contributed by atoms with Crippen LogP contribution in [-0.2, 0) is 16.6 Å². The number of nitrogens with zero attached hydrogens (tertiary/aromatic N) is 2. The Morgan fingerprint density at radius 1 is 1.33 bits per heavy atom. The van der Waals surface area contributed by atoms with Crippen molar-refractivity contribution in [2.45, 2.75) is 26.4 Å². The molecule has 0 radical (unpaired) electrons. The molecular weight excluding hydrogens is 286 g/mol. The molecule has 0 spiro atoms. The Bertz CT molecular complexity index is 574. The molecule has 0 aliphatic carbocycles. The van der Waals surface area contributed by atoms with Gasteiger partial charge in [-0.25, -0.2) is 13.1 Å². The van der Waals surface area contributed by atoms with Crippen LogP contribution in [0.25, 0.3) is 0 Å². The molecule has 1 aliphatic rings. The lowest BCUT2D eigenvalue weighted by atomic mass is 10.1. The number of nitrogens with one attached hydrogen (secondary N) is 1. The fourth-order valence-electron chi connectivity index (χ4n) is 2.75. The molecule has 1 aliphatic heterocycles. The molecule has 1 heterocycles. The summed E-state index contributed by atoms with van der Waals surface area (Å²) in [5, 5.41) is 0. The van der Waals surface area contributed by atoms with E-state index in [9.17, 15) is 8.42 Å². The third-order valence-corrected chi connectivity index (χ3v) is 5.44. The summed E-state index contributed by atoms with van der Waals surface area (Å²) in [6, 6.07) is 8.79. The third kappa shape index (κ3) is 4.18. The Labute approximate surface area is 128 Å². The van der Waals surface area contributed by atoms with E-state index >= 15 is 0 Å². The Morgan fingerprint density at radius 2 is 2.05 bits per heavy atom. The van der Waals surface area contributed by atoms with E-state index in [0.29, 0.717) is 12.6 Å². The second-order valence-corrected chi connectivity index (χ2v) is 7.72. The van der Waals surface area contributed by atoms with Crippen LogP contribution in [0.3, 0.4) is 0 Å². The summed E-state index contributed by atoms with van der Waals surface area (Å²) in [6.45, 7) is 6.83. The molecule has 0 aromatic heterocycles. The van der Waals surface area contributed by atoms with Gasteiger partial charge < -0.3 is 4.90 Å². The molecule has 1 unspecified atom stereocenters. The first-order valence-electron chi connectivity index (χ1n) is 7.43. The number of likely N-dealkylation sites (N-methyl/N-ethyl adjacent to an activating group) is 1. The quantitative estimate of drug-likeness (QED) is 0.890. The van der Waals surface area contributed by atoms with Gasteiger partial charge in [0.25, 0.3) is 0 Å². The van der Waals surface area contributed by atoms with E-state index < -0.39 is 10.0 Å². The third-order valence-electron chi connectivity index (χ3n) is 4.04. The molecule has 1 atom stereocenters. The van der Waals surface area contributed by atoms with Gasteiger partial charge in [0.1, 0.15) is 0 Å². The zero-order valence-corrected chi connectivity index (χ0v) is 13.9. The minimum Gasteiger partial charge on any atom is -0.373 e. The van der Waals surface area contributed by atoms with Gasteiger partial charge in [0.15, 0.2) is 0 Å². The summed E-state index contributed by atoms with van der Waals surface area (Å²) in [5.74, 6) is 0.133. The van der Waals surface area contributed by atoms with Crippen LogP contribution in [-0.4, -0.2) is 51.8 Å². The lowest BCUT2D eigenvalue weighted by molar-refractivity contribution is 0.213. The summed E-state index contributed by atoms with van der Waals surface area (Å²) in [4.78, 5) is 4.61. The fourth-order valence-corrected chi connectivity index (χ4v) is 3.35. The van der Waals surface area contributed by atoms with Crippen molar-refractivity contribution in [3.8, 4) is 0 Å². The molecule has 5 nitrogen and oxygen atoms in total. The average Bonchev–Trinajstić information content (AvgIpc) is 2.57. The van der Waals surface area contributed by atoms with Gasteiger partial charge in [-0.15, -0.1) is 0 Å². The van der Waals surface area contributed by atoms with Gasteiger partial charge in [0.2, 0.25) is 10.0 Å². The standard InChI is InChI=1S/C15H25N3O2S/c1-4-21(19,20)16-9-10-18-12-14-7-5-6-8-15(14)17(3)11-13(18)2/h5-8,13,16H,4,9-12H2,1-3H3. The lowest BCUT2D eigenvalue weighted by Gasteiger charge is -2.28. The van der Waals surface area contributed by atoms with E-state index in [4.69, 9.17) is 0 Å². The molecule has 0 fully saturated rings. The normalized spacial score (nSPS) is 20.1. The predicted octanol–water partition coefficient (Wildman–Crippen LogP) is 1.27. The van der Waals surface area contributed by atoms with Gasteiger partial charge in [0, 0.05) is 45.0 Å². The summed E-state index contributed by atoms with van der Waals surface area (Å²) in [6.07, 6.45) is 0. The first-order valence-corrected chi connectivity index (χ1v) is 9.08. The lowest BCUT2D eigenvalue weighted by Crippen LogP contribution is -2.42.